The van der Waals surface area contributed by atoms with Crippen LogP contribution in [0.3, 0.4) is 0 Å². The lowest BCUT2D eigenvalue weighted by Gasteiger charge is -2.21. The van der Waals surface area contributed by atoms with Gasteiger partial charge in [-0.05, 0) is 40.2 Å². The third kappa shape index (κ3) is 2.68. The number of rotatable bonds is 4. The van der Waals surface area contributed by atoms with E-state index >= 15 is 0 Å². The van der Waals surface area contributed by atoms with E-state index in [0.29, 0.717) is 6.61 Å². The second-order valence-corrected chi connectivity index (χ2v) is 3.44. The maximum atomic E-state index is 11.2. The van der Waals surface area contributed by atoms with Gasteiger partial charge in [-0.25, -0.2) is 0 Å². The van der Waals surface area contributed by atoms with Gasteiger partial charge >= 0.3 is 0 Å². The average molecular weight is 170 g/mol. The summed E-state index contributed by atoms with van der Waals surface area (Å²) in [4.78, 5) is 11.2. The van der Waals surface area contributed by atoms with Gasteiger partial charge in [-0.2, -0.15) is 0 Å². The van der Waals surface area contributed by atoms with E-state index in [2.05, 4.69) is 0 Å². The van der Waals surface area contributed by atoms with Crippen molar-refractivity contribution >= 4 is 5.78 Å². The van der Waals surface area contributed by atoms with Crippen LogP contribution in [-0.2, 0) is 9.53 Å². The summed E-state index contributed by atoms with van der Waals surface area (Å²) in [5, 5.41) is 0. The Morgan fingerprint density at radius 2 is 1.92 bits per heavy atom. The average Bonchev–Trinajstić information content (AvgIpc) is 1.99. The second-order valence-electron chi connectivity index (χ2n) is 3.44. The number of carbonyl (C=O) groups is 1. The summed E-state index contributed by atoms with van der Waals surface area (Å²) in [6.07, 6.45) is 1.67. The fraction of sp³-hybridized carbons (Fsp3) is 0.700. The highest BCUT2D eigenvalue weighted by Crippen LogP contribution is 2.26. The highest BCUT2D eigenvalue weighted by atomic mass is 16.5. The monoisotopic (exact) mass is 170 g/mol. The van der Waals surface area contributed by atoms with E-state index in [1.54, 1.807) is 13.2 Å². The molecule has 2 heteroatoms. The quantitative estimate of drug-likeness (QED) is 0.606. The molecule has 0 aromatic heterocycles. The van der Waals surface area contributed by atoms with Crippen LogP contribution in [0.1, 0.15) is 34.6 Å². The van der Waals surface area contributed by atoms with Crippen LogP contribution in [-0.4, -0.2) is 12.4 Å². The molecule has 0 aromatic rings. The minimum Gasteiger partial charge on any atom is -0.502 e. The summed E-state index contributed by atoms with van der Waals surface area (Å²) in [5.74, 6) is 0.163. The van der Waals surface area contributed by atoms with E-state index in [9.17, 15) is 4.79 Å². The number of allylic oxidation sites excluding steroid dienone is 1. The van der Waals surface area contributed by atoms with Crippen LogP contribution < -0.4 is 0 Å². The van der Waals surface area contributed by atoms with Gasteiger partial charge in [0.15, 0.2) is 0 Å². The zero-order valence-corrected chi connectivity index (χ0v) is 8.60. The molecule has 0 spiro atoms. The molecule has 2 nitrogen and oxygen atoms in total. The largest absolute Gasteiger partial charge is 0.502 e. The number of carbonyl (C=O) groups excluding carboxylic acids is 1. The molecule has 0 aliphatic carbocycles. The fourth-order valence-electron chi connectivity index (χ4n) is 0.633. The Balaban J connectivity index is 4.44. The number of hydrogen-bond donors (Lipinski definition) is 0. The zero-order chi connectivity index (χ0) is 9.78. The molecule has 0 aliphatic heterocycles. The van der Waals surface area contributed by atoms with Crippen LogP contribution in [0.4, 0.5) is 0 Å². The number of hydrogen-bond acceptors (Lipinski definition) is 2. The fourth-order valence-corrected chi connectivity index (χ4v) is 0.633. The van der Waals surface area contributed by atoms with Gasteiger partial charge in [0.1, 0.15) is 5.78 Å². The maximum absolute atomic E-state index is 11.2. The number of ketones is 1. The second kappa shape index (κ2) is 4.29. The summed E-state index contributed by atoms with van der Waals surface area (Å²) >= 11 is 0. The van der Waals surface area contributed by atoms with Gasteiger partial charge in [0.2, 0.25) is 0 Å². The first-order valence-electron chi connectivity index (χ1n) is 4.22. The van der Waals surface area contributed by atoms with Crippen LogP contribution in [0.2, 0.25) is 0 Å². The number of Topliss-reactive ketones (excluding diaryl/α,β-unsaturated/α-hetero) is 1. The Morgan fingerprint density at radius 1 is 1.42 bits per heavy atom. The Labute approximate surface area is 74.6 Å². The van der Waals surface area contributed by atoms with Gasteiger partial charge in [0.25, 0.3) is 0 Å². The summed E-state index contributed by atoms with van der Waals surface area (Å²) in [7, 11) is 0. The smallest absolute Gasteiger partial charge is 0.139 e. The van der Waals surface area contributed by atoms with E-state index in [1.165, 1.54) is 0 Å². The Morgan fingerprint density at radius 3 is 2.25 bits per heavy atom. The van der Waals surface area contributed by atoms with Gasteiger partial charge in [0, 0.05) is 5.41 Å². The third-order valence-corrected chi connectivity index (χ3v) is 2.29. The van der Waals surface area contributed by atoms with Crippen molar-refractivity contribution in [1.29, 1.82) is 0 Å². The first-order chi connectivity index (χ1) is 5.42. The SMILES string of the molecule is CCOC=C(C)C(C)(C)C(C)=O. The third-order valence-electron chi connectivity index (χ3n) is 2.29. The highest BCUT2D eigenvalue weighted by Gasteiger charge is 2.25. The molecular formula is C10H18O2. The van der Waals surface area contributed by atoms with E-state index in [4.69, 9.17) is 4.74 Å². The first kappa shape index (κ1) is 11.2. The van der Waals surface area contributed by atoms with E-state index < -0.39 is 5.41 Å². The maximum Gasteiger partial charge on any atom is 0.139 e. The molecule has 70 valence electrons. The molecule has 0 rings (SSSR count). The molecule has 0 amide bonds. The molecule has 0 saturated heterocycles. The van der Waals surface area contributed by atoms with Crippen molar-refractivity contribution in [3.05, 3.63) is 11.8 Å². The van der Waals surface area contributed by atoms with Crippen LogP contribution in [0.25, 0.3) is 0 Å². The lowest BCUT2D eigenvalue weighted by atomic mass is 9.82. The summed E-state index contributed by atoms with van der Waals surface area (Å²) in [6.45, 7) is 9.89. The topological polar surface area (TPSA) is 26.3 Å². The number of ether oxygens (including phenoxy) is 1. The zero-order valence-electron chi connectivity index (χ0n) is 8.60. The molecule has 0 radical (unpaired) electrons. The molecule has 0 aromatic carbocycles. The minimum absolute atomic E-state index is 0.163. The molecular weight excluding hydrogens is 152 g/mol. The van der Waals surface area contributed by atoms with Crippen LogP contribution in [0.5, 0.6) is 0 Å². The molecule has 0 saturated carbocycles. The first-order valence-corrected chi connectivity index (χ1v) is 4.22. The van der Waals surface area contributed by atoms with Gasteiger partial charge in [0.05, 0.1) is 12.9 Å². The molecule has 0 bridgehead atoms. The lowest BCUT2D eigenvalue weighted by molar-refractivity contribution is -0.123. The van der Waals surface area contributed by atoms with Crippen molar-refractivity contribution in [2.24, 2.45) is 5.41 Å². The van der Waals surface area contributed by atoms with Crippen molar-refractivity contribution in [3.8, 4) is 0 Å². The van der Waals surface area contributed by atoms with Crippen molar-refractivity contribution in [3.63, 3.8) is 0 Å². The van der Waals surface area contributed by atoms with Gasteiger partial charge in [-0.1, -0.05) is 0 Å². The molecule has 0 atom stereocenters. The van der Waals surface area contributed by atoms with E-state index in [0.717, 1.165) is 5.57 Å². The van der Waals surface area contributed by atoms with Gasteiger partial charge in [-0.15, -0.1) is 0 Å². The Bertz CT molecular complexity index is 190. The van der Waals surface area contributed by atoms with Crippen LogP contribution >= 0.6 is 0 Å². The highest BCUT2D eigenvalue weighted by molar-refractivity contribution is 5.84. The molecule has 0 heterocycles. The van der Waals surface area contributed by atoms with Gasteiger partial charge < -0.3 is 4.74 Å². The van der Waals surface area contributed by atoms with Crippen molar-refractivity contribution in [1.82, 2.24) is 0 Å². The molecule has 0 N–H and O–H groups in total. The normalized spacial score (nSPS) is 12.9. The Kier molecular flexibility index (Phi) is 4.01. The van der Waals surface area contributed by atoms with Crippen molar-refractivity contribution in [2.75, 3.05) is 6.61 Å². The van der Waals surface area contributed by atoms with Crippen molar-refractivity contribution < 1.29 is 9.53 Å². The predicted molar refractivity (Wildman–Crippen MR) is 49.8 cm³/mol. The lowest BCUT2D eigenvalue weighted by Crippen LogP contribution is -2.22. The summed E-state index contributed by atoms with van der Waals surface area (Å²) in [5.41, 5.74) is 0.576. The Hall–Kier alpha value is -0.790. The van der Waals surface area contributed by atoms with Crippen molar-refractivity contribution in [2.45, 2.75) is 34.6 Å². The van der Waals surface area contributed by atoms with E-state index in [-0.39, 0.29) is 5.78 Å². The molecule has 0 aliphatic rings. The van der Waals surface area contributed by atoms with Crippen LogP contribution in [0, 0.1) is 5.41 Å². The van der Waals surface area contributed by atoms with Crippen LogP contribution in [0.15, 0.2) is 11.8 Å². The van der Waals surface area contributed by atoms with Gasteiger partial charge in [-0.3, -0.25) is 4.79 Å². The summed E-state index contributed by atoms with van der Waals surface area (Å²) in [6, 6.07) is 0. The predicted octanol–water partition coefficient (Wildman–Crippen LogP) is 2.54. The van der Waals surface area contributed by atoms with E-state index in [1.807, 2.05) is 27.7 Å². The standard InChI is InChI=1S/C10H18O2/c1-6-12-7-8(2)10(4,5)9(3)11/h7H,6H2,1-5H3. The summed E-state index contributed by atoms with van der Waals surface area (Å²) < 4.78 is 5.12. The molecule has 0 unspecified atom stereocenters. The molecule has 0 fully saturated rings. The molecule has 12 heavy (non-hydrogen) atoms. The minimum atomic E-state index is -0.394.